The number of rotatable bonds is 7. The van der Waals surface area contributed by atoms with Gasteiger partial charge in [-0.15, -0.1) is 10.2 Å². The van der Waals surface area contributed by atoms with Gasteiger partial charge in [-0.2, -0.15) is 0 Å². The number of aromatic nitrogens is 4. The molecule has 1 N–H and O–H groups in total. The third kappa shape index (κ3) is 7.38. The Hall–Kier alpha value is -3.59. The average Bonchev–Trinajstić information content (AvgIpc) is 3.68. The second kappa shape index (κ2) is 13.4. The highest BCUT2D eigenvalue weighted by Gasteiger charge is 2.33. The number of allylic oxidation sites excluding steroid dienone is 4. The molecule has 0 spiro atoms. The molecule has 0 aliphatic carbocycles. The fourth-order valence-electron chi connectivity index (χ4n) is 5.55. The fourth-order valence-corrected chi connectivity index (χ4v) is 5.55. The summed E-state index contributed by atoms with van der Waals surface area (Å²) in [6.45, 7) is 18.3. The molecule has 3 aliphatic rings. The van der Waals surface area contributed by atoms with E-state index in [1.165, 1.54) is 6.42 Å². The molecule has 0 saturated carbocycles. The summed E-state index contributed by atoms with van der Waals surface area (Å²) < 4.78 is 2.22. The molecule has 0 aromatic carbocycles. The minimum absolute atomic E-state index is 0.00682. The number of amides is 2. The number of carbonyl (C=O) groups excluding carboxylic acids is 2. The van der Waals surface area contributed by atoms with E-state index >= 15 is 0 Å². The minimum Gasteiger partial charge on any atom is -0.342 e. The van der Waals surface area contributed by atoms with Crippen LogP contribution in [0, 0.1) is 0 Å². The van der Waals surface area contributed by atoms with Gasteiger partial charge in [0, 0.05) is 50.0 Å². The third-order valence-electron chi connectivity index (χ3n) is 7.79. The monoisotopic (exact) mass is 559 g/mol. The predicted molar refractivity (Wildman–Crippen MR) is 162 cm³/mol. The predicted octanol–water partition coefficient (Wildman–Crippen LogP) is 4.65. The molecule has 3 aliphatic heterocycles. The lowest BCUT2D eigenvalue weighted by molar-refractivity contribution is -0.131. The number of carbonyl (C=O) groups is 2. The Kier molecular flexibility index (Phi) is 9.91. The maximum atomic E-state index is 12.9. The second-order valence-corrected chi connectivity index (χ2v) is 11.9. The zero-order valence-corrected chi connectivity index (χ0v) is 25.4. The van der Waals surface area contributed by atoms with Crippen molar-refractivity contribution < 1.29 is 9.59 Å². The topological polar surface area (TPSA) is 96.2 Å². The van der Waals surface area contributed by atoms with Crippen LogP contribution in [0.3, 0.4) is 0 Å². The maximum absolute atomic E-state index is 12.9. The summed E-state index contributed by atoms with van der Waals surface area (Å²) in [6, 6.07) is 1.84. The van der Waals surface area contributed by atoms with Crippen LogP contribution in [0.5, 0.6) is 0 Å². The molecule has 5 heterocycles. The van der Waals surface area contributed by atoms with Crippen LogP contribution in [-0.4, -0.2) is 67.5 Å². The van der Waals surface area contributed by atoms with Crippen molar-refractivity contribution in [1.82, 2.24) is 34.9 Å². The van der Waals surface area contributed by atoms with E-state index in [4.69, 9.17) is 0 Å². The van der Waals surface area contributed by atoms with E-state index in [2.05, 4.69) is 64.2 Å². The van der Waals surface area contributed by atoms with Crippen LogP contribution in [0.1, 0.15) is 93.6 Å². The molecular formula is C32H45N7O2. The van der Waals surface area contributed by atoms with Crippen LogP contribution in [0.15, 0.2) is 42.8 Å². The van der Waals surface area contributed by atoms with Gasteiger partial charge in [0.25, 0.3) is 5.91 Å². The van der Waals surface area contributed by atoms with Crippen molar-refractivity contribution in [1.29, 1.82) is 0 Å². The Balaban J connectivity index is 0.00000124. The summed E-state index contributed by atoms with van der Waals surface area (Å²) in [5.41, 5.74) is 4.01. The first-order valence-corrected chi connectivity index (χ1v) is 14.9. The molecule has 9 nitrogen and oxygen atoms in total. The van der Waals surface area contributed by atoms with Crippen LogP contribution in [0.4, 0.5) is 0 Å². The molecule has 0 atom stereocenters. The summed E-state index contributed by atoms with van der Waals surface area (Å²) in [6.07, 6.45) is 13.6. The lowest BCUT2D eigenvalue weighted by Gasteiger charge is -2.29. The largest absolute Gasteiger partial charge is 0.342 e. The van der Waals surface area contributed by atoms with E-state index in [0.717, 1.165) is 80.1 Å². The Labute approximate surface area is 244 Å². The Bertz CT molecular complexity index is 1330. The first-order valence-electron chi connectivity index (χ1n) is 14.9. The molecule has 0 unspecified atom stereocenters. The van der Waals surface area contributed by atoms with E-state index in [9.17, 15) is 9.59 Å². The smallest absolute Gasteiger partial charge is 0.274 e. The summed E-state index contributed by atoms with van der Waals surface area (Å²) >= 11 is 0. The maximum Gasteiger partial charge on any atom is 0.274 e. The van der Waals surface area contributed by atoms with Gasteiger partial charge in [0.15, 0.2) is 5.82 Å². The van der Waals surface area contributed by atoms with Gasteiger partial charge < -0.3 is 14.8 Å². The van der Waals surface area contributed by atoms with Gasteiger partial charge in [0.1, 0.15) is 11.5 Å². The lowest BCUT2D eigenvalue weighted by atomic mass is 10.0. The van der Waals surface area contributed by atoms with Crippen molar-refractivity contribution in [3.8, 4) is 0 Å². The van der Waals surface area contributed by atoms with Crippen LogP contribution < -0.4 is 5.32 Å². The molecular weight excluding hydrogens is 514 g/mol. The fraction of sp³-hybridized carbons (Fsp3) is 0.531. The van der Waals surface area contributed by atoms with Crippen LogP contribution in [0.25, 0.3) is 5.57 Å². The normalized spacial score (nSPS) is 18.1. The van der Waals surface area contributed by atoms with Crippen molar-refractivity contribution in [2.75, 3.05) is 26.2 Å². The summed E-state index contributed by atoms with van der Waals surface area (Å²) in [5.74, 6) is 1.79. The number of nitrogens with one attached hydrogen (secondary N) is 1. The molecule has 2 aromatic heterocycles. The number of fused-ring (bicyclic) bond motifs is 2. The van der Waals surface area contributed by atoms with E-state index in [0.29, 0.717) is 24.5 Å². The standard InChI is InChI=1S/C29H37N7O2.C3H8/c1-20(27-33-32-25-10-12-29(3,4)36(25)27)8-7-9-21(2)31-28(38)24-16-23-18-34(15-11-22(23)17-30-24)19-26(37)35-13-5-6-14-35;1-3-2/h7-9,16-17H,2,5-6,10-15,18-19H2,1,3-4H3,(H,31,38);3H2,1-2H3/b9-7-,20-8+;. The first-order chi connectivity index (χ1) is 19.6. The molecule has 41 heavy (non-hydrogen) atoms. The van der Waals surface area contributed by atoms with Crippen LogP contribution in [0.2, 0.25) is 0 Å². The second-order valence-electron chi connectivity index (χ2n) is 11.9. The first kappa shape index (κ1) is 30.4. The summed E-state index contributed by atoms with van der Waals surface area (Å²) in [4.78, 5) is 33.9. The van der Waals surface area contributed by atoms with Crippen LogP contribution in [-0.2, 0) is 29.7 Å². The highest BCUT2D eigenvalue weighted by molar-refractivity contribution is 5.93. The number of aryl methyl sites for hydroxylation is 1. The lowest BCUT2D eigenvalue weighted by Crippen LogP contribution is -2.41. The highest BCUT2D eigenvalue weighted by atomic mass is 16.2. The Morgan fingerprint density at radius 3 is 2.56 bits per heavy atom. The van der Waals surface area contributed by atoms with Crippen molar-refractivity contribution in [2.45, 2.75) is 85.2 Å². The Morgan fingerprint density at radius 2 is 1.83 bits per heavy atom. The van der Waals surface area contributed by atoms with Crippen molar-refractivity contribution in [2.24, 2.45) is 0 Å². The molecule has 0 radical (unpaired) electrons. The number of likely N-dealkylation sites (tertiary alicyclic amines) is 1. The van der Waals surface area contributed by atoms with Crippen molar-refractivity contribution in [3.05, 3.63) is 71.2 Å². The van der Waals surface area contributed by atoms with E-state index in [-0.39, 0.29) is 17.4 Å². The van der Waals surface area contributed by atoms with Crippen molar-refractivity contribution >= 4 is 17.4 Å². The number of nitrogens with zero attached hydrogens (tertiary/aromatic N) is 6. The van der Waals surface area contributed by atoms with Gasteiger partial charge >= 0.3 is 0 Å². The molecule has 2 aromatic rings. The molecule has 1 saturated heterocycles. The molecule has 2 amide bonds. The van der Waals surface area contributed by atoms with Gasteiger partial charge in [-0.05, 0) is 75.3 Å². The third-order valence-corrected chi connectivity index (χ3v) is 7.79. The van der Waals surface area contributed by atoms with Gasteiger partial charge in [-0.25, -0.2) is 0 Å². The number of hydrogen-bond acceptors (Lipinski definition) is 6. The molecule has 220 valence electrons. The SMILES string of the molecule is C=C(/C=C\C=C(/C)c1nnc2n1C(C)(C)CC2)NC(=O)c1cc2c(cn1)CCN(CC(=O)N1CCCC1)C2.CCC. The molecule has 0 bridgehead atoms. The number of pyridine rings is 1. The van der Waals surface area contributed by atoms with Gasteiger partial charge in [0.05, 0.1) is 6.54 Å². The average molecular weight is 560 g/mol. The molecule has 5 rings (SSSR count). The quantitative estimate of drug-likeness (QED) is 0.496. The molecule has 9 heteroatoms. The zero-order valence-electron chi connectivity index (χ0n) is 25.4. The minimum atomic E-state index is -0.301. The van der Waals surface area contributed by atoms with Crippen LogP contribution >= 0.6 is 0 Å². The van der Waals surface area contributed by atoms with Gasteiger partial charge in [-0.3, -0.25) is 19.5 Å². The van der Waals surface area contributed by atoms with Gasteiger partial charge in [0.2, 0.25) is 5.91 Å². The Morgan fingerprint density at radius 1 is 1.10 bits per heavy atom. The van der Waals surface area contributed by atoms with E-state index in [1.807, 2.05) is 30.0 Å². The molecule has 1 fully saturated rings. The van der Waals surface area contributed by atoms with Crippen molar-refractivity contribution in [3.63, 3.8) is 0 Å². The zero-order chi connectivity index (χ0) is 29.6. The van der Waals surface area contributed by atoms with E-state index < -0.39 is 0 Å². The van der Waals surface area contributed by atoms with E-state index in [1.54, 1.807) is 12.3 Å². The summed E-state index contributed by atoms with van der Waals surface area (Å²) in [5, 5.41) is 11.5. The van der Waals surface area contributed by atoms with Gasteiger partial charge in [-0.1, -0.05) is 39.0 Å². The number of hydrogen-bond donors (Lipinski definition) is 1. The highest BCUT2D eigenvalue weighted by Crippen LogP contribution is 2.33. The summed E-state index contributed by atoms with van der Waals surface area (Å²) in [7, 11) is 0.